The van der Waals surface area contributed by atoms with Gasteiger partial charge in [-0.05, 0) is 18.4 Å². The first kappa shape index (κ1) is 12.7. The zero-order valence-electron chi connectivity index (χ0n) is 10.1. The first-order valence-electron chi connectivity index (χ1n) is 5.40. The molecule has 2 rings (SSSR count). The predicted octanol–water partition coefficient (Wildman–Crippen LogP) is 0.514. The lowest BCUT2D eigenvalue weighted by molar-refractivity contribution is 0.0555. The molecular weight excluding hydrogens is 252 g/mol. The summed E-state index contributed by atoms with van der Waals surface area (Å²) in [6.07, 6.45) is 1.52. The Bertz CT molecular complexity index is 533. The number of hydrogen-bond acceptors (Lipinski definition) is 5. The van der Waals surface area contributed by atoms with Gasteiger partial charge < -0.3 is 10.4 Å². The SMILES string of the molecule is Cn1cc(C(=O)NC[C@](C)(O)c2cccs2)nn1. The van der Waals surface area contributed by atoms with Gasteiger partial charge in [0.15, 0.2) is 5.69 Å². The van der Waals surface area contributed by atoms with Crippen LogP contribution in [0.25, 0.3) is 0 Å². The Morgan fingerprint density at radius 1 is 1.67 bits per heavy atom. The Labute approximate surface area is 108 Å². The third-order valence-corrected chi connectivity index (χ3v) is 3.60. The monoisotopic (exact) mass is 266 g/mol. The van der Waals surface area contributed by atoms with Crippen molar-refractivity contribution in [3.8, 4) is 0 Å². The van der Waals surface area contributed by atoms with E-state index in [0.29, 0.717) is 0 Å². The van der Waals surface area contributed by atoms with Crippen molar-refractivity contribution < 1.29 is 9.90 Å². The number of hydrogen-bond donors (Lipinski definition) is 2. The zero-order chi connectivity index (χ0) is 13.2. The molecule has 0 saturated heterocycles. The largest absolute Gasteiger partial charge is 0.383 e. The molecule has 0 fully saturated rings. The number of carbonyl (C=O) groups is 1. The predicted molar refractivity (Wildman–Crippen MR) is 67.2 cm³/mol. The normalized spacial score (nSPS) is 14.2. The van der Waals surface area contributed by atoms with E-state index in [0.717, 1.165) is 4.88 Å². The Balaban J connectivity index is 1.98. The molecule has 1 atom stereocenters. The van der Waals surface area contributed by atoms with E-state index in [1.54, 1.807) is 14.0 Å². The topological polar surface area (TPSA) is 80.0 Å². The van der Waals surface area contributed by atoms with Gasteiger partial charge in [0, 0.05) is 11.9 Å². The molecule has 7 heteroatoms. The highest BCUT2D eigenvalue weighted by Crippen LogP contribution is 2.24. The molecule has 2 heterocycles. The van der Waals surface area contributed by atoms with Gasteiger partial charge in [0.25, 0.3) is 5.91 Å². The first-order chi connectivity index (χ1) is 8.49. The Hall–Kier alpha value is -1.73. The van der Waals surface area contributed by atoms with Crippen LogP contribution in [-0.4, -0.2) is 32.6 Å². The van der Waals surface area contributed by atoms with Crippen LogP contribution in [-0.2, 0) is 12.6 Å². The fourth-order valence-electron chi connectivity index (χ4n) is 1.47. The Kier molecular flexibility index (Phi) is 3.44. The fourth-order valence-corrected chi connectivity index (χ4v) is 2.25. The molecule has 18 heavy (non-hydrogen) atoms. The van der Waals surface area contributed by atoms with Crippen LogP contribution in [0.5, 0.6) is 0 Å². The number of thiophene rings is 1. The Morgan fingerprint density at radius 2 is 2.44 bits per heavy atom. The molecule has 0 aliphatic carbocycles. The fraction of sp³-hybridized carbons (Fsp3) is 0.364. The van der Waals surface area contributed by atoms with E-state index in [2.05, 4.69) is 15.6 Å². The number of aryl methyl sites for hydroxylation is 1. The lowest BCUT2D eigenvalue weighted by Crippen LogP contribution is -2.38. The Morgan fingerprint density at radius 3 is 3.00 bits per heavy atom. The minimum Gasteiger partial charge on any atom is -0.383 e. The second-order valence-electron chi connectivity index (χ2n) is 4.21. The van der Waals surface area contributed by atoms with Crippen LogP contribution >= 0.6 is 11.3 Å². The summed E-state index contributed by atoms with van der Waals surface area (Å²) in [5, 5.41) is 22.1. The first-order valence-corrected chi connectivity index (χ1v) is 6.28. The zero-order valence-corrected chi connectivity index (χ0v) is 10.9. The number of carbonyl (C=O) groups excluding carboxylic acids is 1. The molecule has 96 valence electrons. The molecule has 1 amide bonds. The maximum atomic E-state index is 11.7. The average molecular weight is 266 g/mol. The summed E-state index contributed by atoms with van der Waals surface area (Å²) >= 11 is 1.45. The second-order valence-corrected chi connectivity index (χ2v) is 5.16. The van der Waals surface area contributed by atoms with Crippen molar-refractivity contribution in [3.05, 3.63) is 34.3 Å². The van der Waals surface area contributed by atoms with E-state index >= 15 is 0 Å². The van der Waals surface area contributed by atoms with Gasteiger partial charge in [-0.15, -0.1) is 16.4 Å². The molecule has 2 N–H and O–H groups in total. The van der Waals surface area contributed by atoms with Crippen LogP contribution < -0.4 is 5.32 Å². The minimum atomic E-state index is -1.08. The summed E-state index contributed by atoms with van der Waals surface area (Å²) in [5.74, 6) is -0.347. The number of aromatic nitrogens is 3. The number of nitrogens with zero attached hydrogens (tertiary/aromatic N) is 3. The van der Waals surface area contributed by atoms with Gasteiger partial charge >= 0.3 is 0 Å². The van der Waals surface area contributed by atoms with E-state index in [1.807, 2.05) is 17.5 Å². The van der Waals surface area contributed by atoms with Crippen LogP contribution in [0.4, 0.5) is 0 Å². The van der Waals surface area contributed by atoms with Crippen molar-refractivity contribution in [2.75, 3.05) is 6.54 Å². The number of nitrogens with one attached hydrogen (secondary N) is 1. The van der Waals surface area contributed by atoms with Crippen LogP contribution in [0.15, 0.2) is 23.7 Å². The van der Waals surface area contributed by atoms with Crippen molar-refractivity contribution in [3.63, 3.8) is 0 Å². The second kappa shape index (κ2) is 4.87. The van der Waals surface area contributed by atoms with Gasteiger partial charge in [0.1, 0.15) is 5.60 Å². The summed E-state index contributed by atoms with van der Waals surface area (Å²) in [7, 11) is 1.69. The highest BCUT2D eigenvalue weighted by molar-refractivity contribution is 7.10. The molecule has 0 unspecified atom stereocenters. The third-order valence-electron chi connectivity index (χ3n) is 2.48. The van der Waals surface area contributed by atoms with E-state index in [4.69, 9.17) is 0 Å². The lowest BCUT2D eigenvalue weighted by atomic mass is 10.1. The summed E-state index contributed by atoms with van der Waals surface area (Å²) < 4.78 is 1.45. The van der Waals surface area contributed by atoms with Gasteiger partial charge in [-0.1, -0.05) is 11.3 Å². The number of aliphatic hydroxyl groups is 1. The number of amides is 1. The quantitative estimate of drug-likeness (QED) is 0.845. The minimum absolute atomic E-state index is 0.128. The van der Waals surface area contributed by atoms with Crippen molar-refractivity contribution in [2.24, 2.45) is 7.05 Å². The summed E-state index contributed by atoms with van der Waals surface area (Å²) in [6, 6.07) is 3.69. The molecule has 0 bridgehead atoms. The molecule has 6 nitrogen and oxygen atoms in total. The van der Waals surface area contributed by atoms with E-state index in [-0.39, 0.29) is 18.1 Å². The molecule has 0 aliphatic rings. The van der Waals surface area contributed by atoms with E-state index < -0.39 is 5.60 Å². The average Bonchev–Trinajstić information content (AvgIpc) is 2.96. The van der Waals surface area contributed by atoms with Gasteiger partial charge in [0.2, 0.25) is 0 Å². The van der Waals surface area contributed by atoms with Gasteiger partial charge in [-0.25, -0.2) is 0 Å². The molecule has 0 spiro atoms. The van der Waals surface area contributed by atoms with Crippen molar-refractivity contribution >= 4 is 17.2 Å². The number of rotatable bonds is 4. The van der Waals surface area contributed by atoms with Crippen LogP contribution in [0.3, 0.4) is 0 Å². The summed E-state index contributed by atoms with van der Waals surface area (Å²) in [6.45, 7) is 1.79. The highest BCUT2D eigenvalue weighted by Gasteiger charge is 2.25. The van der Waals surface area contributed by atoms with Crippen molar-refractivity contribution in [1.82, 2.24) is 20.3 Å². The molecule has 0 saturated carbocycles. The molecule has 2 aromatic rings. The van der Waals surface area contributed by atoms with Crippen LogP contribution in [0.2, 0.25) is 0 Å². The smallest absolute Gasteiger partial charge is 0.273 e. The molecular formula is C11H14N4O2S. The third kappa shape index (κ3) is 2.74. The van der Waals surface area contributed by atoms with Crippen molar-refractivity contribution in [1.29, 1.82) is 0 Å². The highest BCUT2D eigenvalue weighted by atomic mass is 32.1. The molecule has 0 aromatic carbocycles. The standard InChI is InChI=1S/C11H14N4O2S/c1-11(17,9-4-3-5-18-9)7-12-10(16)8-6-15(2)14-13-8/h3-6,17H,7H2,1-2H3,(H,12,16)/t11-/m0/s1. The molecule has 2 aromatic heterocycles. The maximum absolute atomic E-state index is 11.7. The van der Waals surface area contributed by atoms with Crippen LogP contribution in [0, 0.1) is 0 Å². The van der Waals surface area contributed by atoms with Gasteiger partial charge in [0.05, 0.1) is 12.7 Å². The van der Waals surface area contributed by atoms with Gasteiger partial charge in [-0.3, -0.25) is 9.48 Å². The van der Waals surface area contributed by atoms with E-state index in [9.17, 15) is 9.90 Å². The van der Waals surface area contributed by atoms with Crippen LogP contribution in [0.1, 0.15) is 22.3 Å². The lowest BCUT2D eigenvalue weighted by Gasteiger charge is -2.21. The van der Waals surface area contributed by atoms with E-state index in [1.165, 1.54) is 22.2 Å². The summed E-state index contributed by atoms with van der Waals surface area (Å²) in [5.41, 5.74) is -0.842. The van der Waals surface area contributed by atoms with Crippen molar-refractivity contribution in [2.45, 2.75) is 12.5 Å². The van der Waals surface area contributed by atoms with Gasteiger partial charge in [-0.2, -0.15) is 0 Å². The maximum Gasteiger partial charge on any atom is 0.273 e. The summed E-state index contributed by atoms with van der Waals surface area (Å²) in [4.78, 5) is 12.5. The molecule has 0 radical (unpaired) electrons. The molecule has 0 aliphatic heterocycles.